The monoisotopic (exact) mass is 392 g/mol. The zero-order valence-corrected chi connectivity index (χ0v) is 17.5. The average Bonchev–Trinajstić information content (AvgIpc) is 3.50. The van der Waals surface area contributed by atoms with E-state index in [0.717, 1.165) is 44.9 Å². The van der Waals surface area contributed by atoms with Crippen LogP contribution in [0.3, 0.4) is 0 Å². The molecule has 1 aromatic carbocycles. The van der Waals surface area contributed by atoms with Crippen LogP contribution in [0.4, 0.5) is 0 Å². The highest BCUT2D eigenvalue weighted by Crippen LogP contribution is 2.32. The van der Waals surface area contributed by atoms with E-state index in [1.807, 2.05) is 11.8 Å². The van der Waals surface area contributed by atoms with Crippen LogP contribution in [0.25, 0.3) is 0 Å². The fraction of sp³-hybridized carbons (Fsp3) is 0.667. The molecule has 1 aliphatic carbocycles. The van der Waals surface area contributed by atoms with Crippen molar-refractivity contribution in [2.24, 2.45) is 0 Å². The lowest BCUT2D eigenvalue weighted by Gasteiger charge is -2.32. The van der Waals surface area contributed by atoms with Crippen LogP contribution >= 0.6 is 0 Å². The Balaban J connectivity index is 1.81. The molecule has 1 atom stereocenters. The van der Waals surface area contributed by atoms with Crippen molar-refractivity contribution in [2.45, 2.75) is 88.7 Å². The first kappa shape index (κ1) is 20.3. The molecule has 0 radical (unpaired) electrons. The number of sulfonamides is 1. The second-order valence-electron chi connectivity index (χ2n) is 7.90. The molecule has 2 aliphatic rings. The van der Waals surface area contributed by atoms with Crippen molar-refractivity contribution in [3.63, 3.8) is 0 Å². The minimum atomic E-state index is -3.50. The molecule has 0 spiro atoms. The van der Waals surface area contributed by atoms with Crippen LogP contribution in [0.1, 0.15) is 76.1 Å². The fourth-order valence-electron chi connectivity index (χ4n) is 4.15. The van der Waals surface area contributed by atoms with Crippen LogP contribution in [0.5, 0.6) is 0 Å². The van der Waals surface area contributed by atoms with Gasteiger partial charge >= 0.3 is 0 Å². The Morgan fingerprint density at radius 2 is 1.74 bits per heavy atom. The molecule has 0 aromatic heterocycles. The SMILES string of the molecule is CCC(CC)N(C(=O)c1ccc(S(=O)(=O)N2CCCC[C@@H]2C)cc1)C1CC1. The van der Waals surface area contributed by atoms with Crippen LogP contribution in [0.2, 0.25) is 0 Å². The van der Waals surface area contributed by atoms with Gasteiger partial charge in [-0.05, 0) is 69.7 Å². The first-order valence-corrected chi connectivity index (χ1v) is 11.8. The zero-order chi connectivity index (χ0) is 19.6. The lowest BCUT2D eigenvalue weighted by Crippen LogP contribution is -2.42. The molecule has 1 aliphatic heterocycles. The van der Waals surface area contributed by atoms with Crippen LogP contribution in [0, 0.1) is 0 Å². The number of carbonyl (C=O) groups is 1. The quantitative estimate of drug-likeness (QED) is 0.703. The van der Waals surface area contributed by atoms with Gasteiger partial charge in [0.15, 0.2) is 0 Å². The minimum absolute atomic E-state index is 0.0292. The van der Waals surface area contributed by atoms with Crippen molar-refractivity contribution in [3.8, 4) is 0 Å². The van der Waals surface area contributed by atoms with E-state index in [0.29, 0.717) is 18.2 Å². The summed E-state index contributed by atoms with van der Waals surface area (Å²) < 4.78 is 27.5. The number of nitrogens with zero attached hydrogens (tertiary/aromatic N) is 2. The van der Waals surface area contributed by atoms with Gasteiger partial charge in [0.1, 0.15) is 0 Å². The Labute approximate surface area is 163 Å². The first-order valence-electron chi connectivity index (χ1n) is 10.3. The maximum Gasteiger partial charge on any atom is 0.254 e. The molecule has 5 nitrogen and oxygen atoms in total. The highest BCUT2D eigenvalue weighted by Gasteiger charge is 2.37. The second-order valence-corrected chi connectivity index (χ2v) is 9.79. The van der Waals surface area contributed by atoms with Gasteiger partial charge in [0, 0.05) is 30.2 Å². The van der Waals surface area contributed by atoms with Gasteiger partial charge < -0.3 is 4.90 Å². The summed E-state index contributed by atoms with van der Waals surface area (Å²) in [6, 6.07) is 7.19. The topological polar surface area (TPSA) is 57.7 Å². The number of benzene rings is 1. The molecule has 3 rings (SSSR count). The van der Waals surface area contributed by atoms with Crippen LogP contribution in [-0.2, 0) is 10.0 Å². The van der Waals surface area contributed by atoms with E-state index in [-0.39, 0.29) is 22.9 Å². The Kier molecular flexibility index (Phi) is 6.26. The predicted octanol–water partition coefficient (Wildman–Crippen LogP) is 4.04. The first-order chi connectivity index (χ1) is 12.9. The van der Waals surface area contributed by atoms with E-state index >= 15 is 0 Å². The Bertz CT molecular complexity index is 752. The molecule has 1 heterocycles. The molecule has 0 N–H and O–H groups in total. The van der Waals surface area contributed by atoms with Crippen LogP contribution < -0.4 is 0 Å². The lowest BCUT2D eigenvalue weighted by molar-refractivity contribution is 0.0649. The summed E-state index contributed by atoms with van der Waals surface area (Å²) in [7, 11) is -3.50. The van der Waals surface area contributed by atoms with Crippen molar-refractivity contribution >= 4 is 15.9 Å². The second kappa shape index (κ2) is 8.31. The number of piperidine rings is 1. The van der Waals surface area contributed by atoms with E-state index in [9.17, 15) is 13.2 Å². The highest BCUT2D eigenvalue weighted by molar-refractivity contribution is 7.89. The predicted molar refractivity (Wildman–Crippen MR) is 107 cm³/mol. The largest absolute Gasteiger partial charge is 0.333 e. The molecular formula is C21H32N2O3S. The number of carbonyl (C=O) groups excluding carboxylic acids is 1. The van der Waals surface area contributed by atoms with E-state index in [2.05, 4.69) is 13.8 Å². The van der Waals surface area contributed by atoms with Gasteiger partial charge in [-0.2, -0.15) is 4.31 Å². The summed E-state index contributed by atoms with van der Waals surface area (Å²) in [6.45, 7) is 6.78. The van der Waals surface area contributed by atoms with E-state index < -0.39 is 10.0 Å². The molecular weight excluding hydrogens is 360 g/mol. The third-order valence-corrected chi connectivity index (χ3v) is 7.99. The lowest BCUT2D eigenvalue weighted by atomic mass is 10.1. The number of hydrogen-bond donors (Lipinski definition) is 0. The maximum absolute atomic E-state index is 13.1. The highest BCUT2D eigenvalue weighted by atomic mass is 32.2. The van der Waals surface area contributed by atoms with Gasteiger partial charge in [-0.1, -0.05) is 20.3 Å². The number of rotatable bonds is 7. The van der Waals surface area contributed by atoms with Crippen molar-refractivity contribution in [1.82, 2.24) is 9.21 Å². The molecule has 6 heteroatoms. The standard InChI is InChI=1S/C21H32N2O3S/c1-4-18(5-2)23(19-11-12-19)21(24)17-9-13-20(14-10-17)27(25,26)22-15-7-6-8-16(22)3/h9-10,13-14,16,18-19H,4-8,11-12,15H2,1-3H3/t16-/m0/s1. The van der Waals surface area contributed by atoms with Crippen molar-refractivity contribution in [1.29, 1.82) is 0 Å². The molecule has 0 unspecified atom stereocenters. The summed E-state index contributed by atoms with van der Waals surface area (Å²) in [5, 5.41) is 0. The summed E-state index contributed by atoms with van der Waals surface area (Å²) in [5.74, 6) is 0.0292. The summed E-state index contributed by atoms with van der Waals surface area (Å²) >= 11 is 0. The summed E-state index contributed by atoms with van der Waals surface area (Å²) in [4.78, 5) is 15.4. The molecule has 1 saturated heterocycles. The van der Waals surface area contributed by atoms with E-state index in [1.165, 1.54) is 0 Å². The number of amides is 1. The Hall–Kier alpha value is -1.40. The maximum atomic E-state index is 13.1. The van der Waals surface area contributed by atoms with Crippen LogP contribution in [-0.4, -0.2) is 48.2 Å². The summed E-state index contributed by atoms with van der Waals surface area (Å²) in [5.41, 5.74) is 0.583. The van der Waals surface area contributed by atoms with E-state index in [4.69, 9.17) is 0 Å². The Morgan fingerprint density at radius 3 is 2.26 bits per heavy atom. The van der Waals surface area contributed by atoms with Gasteiger partial charge in [0.25, 0.3) is 5.91 Å². The Morgan fingerprint density at radius 1 is 1.11 bits per heavy atom. The van der Waals surface area contributed by atoms with Gasteiger partial charge in [0.05, 0.1) is 4.90 Å². The minimum Gasteiger partial charge on any atom is -0.333 e. The molecule has 1 aromatic rings. The molecule has 1 amide bonds. The smallest absolute Gasteiger partial charge is 0.254 e. The normalized spacial score (nSPS) is 21.4. The molecule has 27 heavy (non-hydrogen) atoms. The van der Waals surface area contributed by atoms with Gasteiger partial charge in [0.2, 0.25) is 10.0 Å². The fourth-order valence-corrected chi connectivity index (χ4v) is 5.85. The third-order valence-electron chi connectivity index (χ3n) is 5.96. The molecule has 0 bridgehead atoms. The third kappa shape index (κ3) is 4.21. The number of hydrogen-bond acceptors (Lipinski definition) is 3. The van der Waals surface area contributed by atoms with Crippen molar-refractivity contribution in [3.05, 3.63) is 29.8 Å². The average molecular weight is 393 g/mol. The van der Waals surface area contributed by atoms with Gasteiger partial charge in [-0.3, -0.25) is 4.79 Å². The van der Waals surface area contributed by atoms with Gasteiger partial charge in [-0.25, -0.2) is 8.42 Å². The molecule has 150 valence electrons. The summed E-state index contributed by atoms with van der Waals surface area (Å²) in [6.07, 6.45) is 6.92. The van der Waals surface area contributed by atoms with Crippen molar-refractivity contribution < 1.29 is 13.2 Å². The molecule has 2 fully saturated rings. The van der Waals surface area contributed by atoms with E-state index in [1.54, 1.807) is 28.6 Å². The van der Waals surface area contributed by atoms with Crippen LogP contribution in [0.15, 0.2) is 29.2 Å². The molecule has 1 saturated carbocycles. The zero-order valence-electron chi connectivity index (χ0n) is 16.7. The van der Waals surface area contributed by atoms with Gasteiger partial charge in [-0.15, -0.1) is 0 Å². The van der Waals surface area contributed by atoms with Crippen molar-refractivity contribution in [2.75, 3.05) is 6.54 Å².